The first kappa shape index (κ1) is 19.0. The number of para-hydroxylation sites is 1. The summed E-state index contributed by atoms with van der Waals surface area (Å²) in [4.78, 5) is 13.1. The van der Waals surface area contributed by atoms with Crippen molar-refractivity contribution in [3.63, 3.8) is 0 Å². The van der Waals surface area contributed by atoms with Crippen LogP contribution >= 0.6 is 12.4 Å². The Morgan fingerprint density at radius 1 is 1.07 bits per heavy atom. The van der Waals surface area contributed by atoms with Crippen molar-refractivity contribution < 1.29 is 9.21 Å². The van der Waals surface area contributed by atoms with Gasteiger partial charge in [0.15, 0.2) is 0 Å². The van der Waals surface area contributed by atoms with Crippen molar-refractivity contribution >= 4 is 29.3 Å². The van der Waals surface area contributed by atoms with E-state index in [4.69, 9.17) is 4.42 Å². The van der Waals surface area contributed by atoms with Gasteiger partial charge in [-0.1, -0.05) is 48.5 Å². The van der Waals surface area contributed by atoms with Crippen LogP contribution in [0.15, 0.2) is 65.1 Å². The highest BCUT2D eigenvalue weighted by atomic mass is 35.5. The average Bonchev–Trinajstić information content (AvgIpc) is 3.23. The summed E-state index contributed by atoms with van der Waals surface area (Å²) in [7, 11) is 0. The Kier molecular flexibility index (Phi) is 5.17. The predicted molar refractivity (Wildman–Crippen MR) is 113 cm³/mol. The summed E-state index contributed by atoms with van der Waals surface area (Å²) < 4.78 is 6.10. The molecule has 1 aliphatic carbocycles. The van der Waals surface area contributed by atoms with E-state index >= 15 is 0 Å². The zero-order chi connectivity index (χ0) is 18.3. The molecule has 2 aromatic carbocycles. The minimum Gasteiger partial charge on any atom is -0.459 e. The van der Waals surface area contributed by atoms with Gasteiger partial charge in [0, 0.05) is 11.3 Å². The van der Waals surface area contributed by atoms with Gasteiger partial charge in [0.2, 0.25) is 5.91 Å². The van der Waals surface area contributed by atoms with E-state index in [1.807, 2.05) is 60.7 Å². The molecule has 2 atom stereocenters. The van der Waals surface area contributed by atoms with Gasteiger partial charge in [0.1, 0.15) is 17.4 Å². The first-order valence-electron chi connectivity index (χ1n) is 9.80. The molecule has 1 aliphatic heterocycles. The second-order valence-corrected chi connectivity index (χ2v) is 7.91. The number of nitrogens with one attached hydrogen (secondary N) is 2. The Hall–Kier alpha value is -2.30. The molecular formula is C23H25ClN2O2. The third-order valence-corrected chi connectivity index (χ3v) is 6.25. The van der Waals surface area contributed by atoms with Gasteiger partial charge in [-0.25, -0.2) is 0 Å². The quantitative estimate of drug-likeness (QED) is 0.685. The van der Waals surface area contributed by atoms with Crippen LogP contribution in [0.4, 0.5) is 0 Å². The van der Waals surface area contributed by atoms with Crippen LogP contribution in [-0.2, 0) is 4.79 Å². The first-order chi connectivity index (χ1) is 13.3. The summed E-state index contributed by atoms with van der Waals surface area (Å²) >= 11 is 0. The molecule has 1 saturated heterocycles. The van der Waals surface area contributed by atoms with Gasteiger partial charge in [0.05, 0.1) is 0 Å². The minimum atomic E-state index is -0.259. The highest BCUT2D eigenvalue weighted by Gasteiger charge is 2.57. The van der Waals surface area contributed by atoms with E-state index in [0.717, 1.165) is 54.6 Å². The third kappa shape index (κ3) is 3.43. The predicted octanol–water partition coefficient (Wildman–Crippen LogP) is 4.45. The van der Waals surface area contributed by atoms with Crippen molar-refractivity contribution in [1.29, 1.82) is 0 Å². The number of piperidine rings is 1. The highest BCUT2D eigenvalue weighted by Crippen LogP contribution is 2.58. The van der Waals surface area contributed by atoms with Crippen LogP contribution in [0.5, 0.6) is 0 Å². The van der Waals surface area contributed by atoms with Crippen molar-refractivity contribution in [3.8, 4) is 0 Å². The molecule has 0 bridgehead atoms. The number of fused-ring (bicyclic) bond motifs is 1. The number of carbonyl (C=O) groups excluding carboxylic acids is 1. The van der Waals surface area contributed by atoms with E-state index in [-0.39, 0.29) is 35.7 Å². The van der Waals surface area contributed by atoms with Crippen LogP contribution in [-0.4, -0.2) is 19.0 Å². The zero-order valence-corrected chi connectivity index (χ0v) is 16.5. The number of halogens is 1. The van der Waals surface area contributed by atoms with Gasteiger partial charge in [0.25, 0.3) is 0 Å². The maximum Gasteiger partial charge on any atom is 0.224 e. The van der Waals surface area contributed by atoms with E-state index in [0.29, 0.717) is 0 Å². The van der Waals surface area contributed by atoms with Crippen molar-refractivity contribution in [2.75, 3.05) is 13.1 Å². The number of hydrogen-bond donors (Lipinski definition) is 2. The Balaban J connectivity index is 0.00000192. The summed E-state index contributed by atoms with van der Waals surface area (Å²) in [6, 6.07) is 19.9. The zero-order valence-electron chi connectivity index (χ0n) is 15.7. The Bertz CT molecular complexity index is 930. The van der Waals surface area contributed by atoms with E-state index < -0.39 is 0 Å². The van der Waals surface area contributed by atoms with Crippen LogP contribution in [0.3, 0.4) is 0 Å². The summed E-state index contributed by atoms with van der Waals surface area (Å²) in [6.07, 6.45) is 3.22. The number of furan rings is 1. The fraction of sp³-hybridized carbons (Fsp3) is 0.348. The maximum atomic E-state index is 13.1. The Morgan fingerprint density at radius 2 is 1.79 bits per heavy atom. The molecule has 3 aromatic rings. The van der Waals surface area contributed by atoms with E-state index in [1.54, 1.807) is 0 Å². The molecule has 2 N–H and O–H groups in total. The lowest BCUT2D eigenvalue weighted by atomic mass is 9.91. The van der Waals surface area contributed by atoms with E-state index in [9.17, 15) is 4.79 Å². The molecule has 0 radical (unpaired) electrons. The molecule has 2 fully saturated rings. The van der Waals surface area contributed by atoms with Crippen LogP contribution in [0, 0.1) is 11.3 Å². The third-order valence-electron chi connectivity index (χ3n) is 6.25. The molecule has 1 saturated carbocycles. The lowest BCUT2D eigenvalue weighted by Crippen LogP contribution is -2.35. The number of amides is 1. The smallest absolute Gasteiger partial charge is 0.224 e. The first-order valence-corrected chi connectivity index (χ1v) is 9.80. The minimum absolute atomic E-state index is 0. The number of benzene rings is 2. The molecule has 146 valence electrons. The van der Waals surface area contributed by atoms with E-state index in [2.05, 4.69) is 10.6 Å². The number of rotatable bonds is 4. The van der Waals surface area contributed by atoms with Crippen LogP contribution in [0.1, 0.15) is 36.6 Å². The van der Waals surface area contributed by atoms with Crippen LogP contribution in [0.25, 0.3) is 11.0 Å². The largest absolute Gasteiger partial charge is 0.459 e. The van der Waals surface area contributed by atoms with Gasteiger partial charge < -0.3 is 15.1 Å². The number of hydrogen-bond acceptors (Lipinski definition) is 3. The molecular weight excluding hydrogens is 372 g/mol. The molecule has 1 amide bonds. The SMILES string of the molecule is Cl.O=C(NC(c1ccccc1)c1cc2ccccc2o1)C1CC12CCNCC2. The van der Waals surface area contributed by atoms with Crippen molar-refractivity contribution in [1.82, 2.24) is 10.6 Å². The molecule has 28 heavy (non-hydrogen) atoms. The molecule has 2 aliphatic rings. The second kappa shape index (κ2) is 7.61. The number of carbonyl (C=O) groups is 1. The fourth-order valence-corrected chi connectivity index (χ4v) is 4.55. The normalized spacial score (nSPS) is 21.1. The maximum absolute atomic E-state index is 13.1. The average molecular weight is 397 g/mol. The summed E-state index contributed by atoms with van der Waals surface area (Å²) in [5.41, 5.74) is 2.12. The highest BCUT2D eigenvalue weighted by molar-refractivity contribution is 5.85. The summed E-state index contributed by atoms with van der Waals surface area (Å²) in [6.45, 7) is 2.05. The van der Waals surface area contributed by atoms with Gasteiger partial charge in [-0.3, -0.25) is 4.79 Å². The molecule has 2 unspecified atom stereocenters. The Labute approximate surface area is 171 Å². The van der Waals surface area contributed by atoms with Gasteiger partial charge >= 0.3 is 0 Å². The van der Waals surface area contributed by atoms with Gasteiger partial charge in [-0.2, -0.15) is 0 Å². The van der Waals surface area contributed by atoms with Gasteiger partial charge in [-0.15, -0.1) is 12.4 Å². The van der Waals surface area contributed by atoms with Crippen LogP contribution in [0.2, 0.25) is 0 Å². The van der Waals surface area contributed by atoms with Gasteiger partial charge in [-0.05, 0) is 55.5 Å². The summed E-state index contributed by atoms with van der Waals surface area (Å²) in [5, 5.41) is 7.75. The molecule has 1 aromatic heterocycles. The van der Waals surface area contributed by atoms with Crippen molar-refractivity contribution in [2.45, 2.75) is 25.3 Å². The molecule has 4 nitrogen and oxygen atoms in total. The lowest BCUT2D eigenvalue weighted by Gasteiger charge is -2.24. The Morgan fingerprint density at radius 3 is 2.54 bits per heavy atom. The molecule has 2 heterocycles. The molecule has 5 heteroatoms. The summed E-state index contributed by atoms with van der Waals surface area (Å²) in [5.74, 6) is 1.08. The van der Waals surface area contributed by atoms with E-state index in [1.165, 1.54) is 0 Å². The molecule has 5 rings (SSSR count). The topological polar surface area (TPSA) is 54.3 Å². The van der Waals surface area contributed by atoms with Crippen molar-refractivity contribution in [3.05, 3.63) is 72.0 Å². The standard InChI is InChI=1S/C23H24N2O2.ClH/c26-22(18-15-23(18)10-12-24-13-11-23)25-21(16-6-2-1-3-7-16)20-14-17-8-4-5-9-19(17)27-20;/h1-9,14,18,21,24H,10-13,15H2,(H,25,26);1H. The monoisotopic (exact) mass is 396 g/mol. The fourth-order valence-electron chi connectivity index (χ4n) is 4.55. The second-order valence-electron chi connectivity index (χ2n) is 7.91. The van der Waals surface area contributed by atoms with Crippen LogP contribution < -0.4 is 10.6 Å². The lowest BCUT2D eigenvalue weighted by molar-refractivity contribution is -0.123. The van der Waals surface area contributed by atoms with Crippen molar-refractivity contribution in [2.24, 2.45) is 11.3 Å². The molecule has 1 spiro atoms.